The highest BCUT2D eigenvalue weighted by Crippen LogP contribution is 2.49. The minimum Gasteiger partial charge on any atom is -0.409 e. The van der Waals surface area contributed by atoms with Gasteiger partial charge in [0.15, 0.2) is 11.5 Å². The van der Waals surface area contributed by atoms with Crippen LogP contribution in [-0.4, -0.2) is 105 Å². The molecule has 3 aromatic carbocycles. The summed E-state index contributed by atoms with van der Waals surface area (Å²) in [5, 5.41) is 4.73. The van der Waals surface area contributed by atoms with Gasteiger partial charge in [-0.2, -0.15) is 0 Å². The molecule has 61 heavy (non-hydrogen) atoms. The lowest BCUT2D eigenvalue weighted by molar-refractivity contribution is -0.137. The average Bonchev–Trinajstić information content (AvgIpc) is 4.11. The molecule has 6 aromatic rings. The number of unbranched alkanes of at least 4 members (excludes halogenated alkanes) is 2. The van der Waals surface area contributed by atoms with Crippen molar-refractivity contribution in [3.05, 3.63) is 106 Å². The molecule has 0 radical (unpaired) electrons. The molecule has 13 nitrogen and oxygen atoms in total. The first-order valence-corrected chi connectivity index (χ1v) is 21.9. The van der Waals surface area contributed by atoms with Crippen LogP contribution in [0.4, 0.5) is 10.5 Å². The van der Waals surface area contributed by atoms with E-state index in [9.17, 15) is 28.8 Å². The van der Waals surface area contributed by atoms with E-state index in [1.165, 1.54) is 28.4 Å². The van der Waals surface area contributed by atoms with E-state index in [1.54, 1.807) is 20.8 Å². The molecule has 0 aliphatic carbocycles. The third-order valence-corrected chi connectivity index (χ3v) is 13.4. The number of Topliss-reactive ketones (excluding diaryl/α,β-unsaturated/α-hetero) is 1. The first-order valence-electron chi connectivity index (χ1n) is 20.5. The van der Waals surface area contributed by atoms with Gasteiger partial charge in [-0.1, -0.05) is 30.7 Å². The second kappa shape index (κ2) is 16.7. The van der Waals surface area contributed by atoms with E-state index in [1.807, 2.05) is 66.9 Å². The molecular formula is C46H43ClN6O7S. The van der Waals surface area contributed by atoms with Gasteiger partial charge < -0.3 is 29.4 Å². The van der Waals surface area contributed by atoms with Gasteiger partial charge in [-0.3, -0.25) is 28.9 Å². The number of nitrogens with zero attached hydrogens (tertiary/aromatic N) is 4. The summed E-state index contributed by atoms with van der Waals surface area (Å²) >= 11 is 8.06. The van der Waals surface area contributed by atoms with Gasteiger partial charge >= 0.3 is 6.09 Å². The van der Waals surface area contributed by atoms with Crippen LogP contribution in [0.15, 0.2) is 78.2 Å². The molecule has 2 N–H and O–H groups in total. The van der Waals surface area contributed by atoms with Crippen LogP contribution < -0.4 is 9.64 Å². The van der Waals surface area contributed by atoms with Gasteiger partial charge in [0.25, 0.3) is 17.7 Å². The first-order chi connectivity index (χ1) is 29.6. The number of H-pyrrole nitrogens is 2. The fraction of sp³-hybridized carbons (Fsp3) is 0.304. The van der Waals surface area contributed by atoms with Gasteiger partial charge in [-0.15, -0.1) is 22.9 Å². The molecule has 1 saturated heterocycles. The molecule has 3 aromatic heterocycles. The van der Waals surface area contributed by atoms with Crippen molar-refractivity contribution in [3.63, 3.8) is 0 Å². The van der Waals surface area contributed by atoms with E-state index in [0.29, 0.717) is 93.7 Å². The number of anilines is 1. The van der Waals surface area contributed by atoms with Crippen molar-refractivity contribution in [2.24, 2.45) is 0 Å². The Kier molecular flexibility index (Phi) is 11.0. The number of thiophene rings is 1. The maximum atomic E-state index is 14.4. The first kappa shape index (κ1) is 40.2. The fourth-order valence-electron chi connectivity index (χ4n) is 8.68. The number of hydrogen-bond donors (Lipinski definition) is 2. The number of halogens is 1. The molecule has 0 unspecified atom stereocenters. The Labute approximate surface area is 359 Å². The van der Waals surface area contributed by atoms with E-state index in [4.69, 9.17) is 16.3 Å². The van der Waals surface area contributed by atoms with Crippen LogP contribution >= 0.6 is 22.9 Å². The van der Waals surface area contributed by atoms with Crippen molar-refractivity contribution in [1.29, 1.82) is 0 Å². The quantitative estimate of drug-likeness (QED) is 0.0553. The molecule has 3 aliphatic rings. The molecule has 0 saturated carbocycles. The van der Waals surface area contributed by atoms with Crippen molar-refractivity contribution in [2.75, 3.05) is 50.0 Å². The molecule has 0 bridgehead atoms. The van der Waals surface area contributed by atoms with Gasteiger partial charge in [0.05, 0.1) is 16.1 Å². The van der Waals surface area contributed by atoms with Crippen molar-refractivity contribution in [2.45, 2.75) is 44.9 Å². The Morgan fingerprint density at radius 2 is 1.56 bits per heavy atom. The maximum absolute atomic E-state index is 14.4. The molecule has 3 aliphatic heterocycles. The SMILES string of the molecule is Cc1csc2c(OC(=O)N3CCN(C(=O)CCCCCN4C(=O)C=CC4=O)CC3)cc3c(c12)[C@@H](CCl)CN3C(=O)c1cc2cc(CC(=O)c3cc4ccccc4[nH]3)ccc2[nH]1. The number of amides is 5. The summed E-state index contributed by atoms with van der Waals surface area (Å²) in [6.45, 7) is 4.07. The normalized spacial score (nSPS) is 16.5. The molecule has 0 spiro atoms. The predicted octanol–water partition coefficient (Wildman–Crippen LogP) is 7.71. The molecule has 1 atom stereocenters. The Balaban J connectivity index is 0.862. The Hall–Kier alpha value is -6.25. The lowest BCUT2D eigenvalue weighted by Gasteiger charge is -2.34. The summed E-state index contributed by atoms with van der Waals surface area (Å²) in [4.78, 5) is 90.5. The molecule has 5 amide bonds. The number of aromatic nitrogens is 2. The third-order valence-electron chi connectivity index (χ3n) is 11.9. The number of imide groups is 1. The lowest BCUT2D eigenvalue weighted by Crippen LogP contribution is -2.51. The van der Waals surface area contributed by atoms with Crippen molar-refractivity contribution < 1.29 is 33.5 Å². The predicted molar refractivity (Wildman–Crippen MR) is 235 cm³/mol. The van der Waals surface area contributed by atoms with Crippen LogP contribution in [0.2, 0.25) is 0 Å². The molecule has 1 fully saturated rings. The number of para-hydroxylation sites is 1. The highest BCUT2D eigenvalue weighted by molar-refractivity contribution is 7.17. The minimum atomic E-state index is -0.529. The van der Waals surface area contributed by atoms with Crippen LogP contribution in [0.3, 0.4) is 0 Å². The topological polar surface area (TPSA) is 156 Å². The number of carbonyl (C=O) groups excluding carboxylic acids is 6. The van der Waals surface area contributed by atoms with Crippen LogP contribution in [0.25, 0.3) is 31.9 Å². The smallest absolute Gasteiger partial charge is 0.409 e. The number of nitrogens with one attached hydrogen (secondary N) is 2. The van der Waals surface area contributed by atoms with Crippen LogP contribution in [0.1, 0.15) is 69.3 Å². The monoisotopic (exact) mass is 858 g/mol. The molecule has 15 heteroatoms. The third kappa shape index (κ3) is 7.81. The summed E-state index contributed by atoms with van der Waals surface area (Å²) in [7, 11) is 0. The highest BCUT2D eigenvalue weighted by atomic mass is 35.5. The second-order valence-corrected chi connectivity index (χ2v) is 17.1. The van der Waals surface area contributed by atoms with E-state index in [-0.39, 0.29) is 41.8 Å². The molecule has 312 valence electrons. The standard InChI is InChI=1S/C46H43ClN6O7S/c1-27-26-61-44-38(60-46(59)51-17-15-50(16-18-51)39(55)9-3-2-6-14-52-40(56)12-13-41(52)57)23-36-43(42(27)44)31(24-47)25-53(36)45(58)35-22-30-19-28(10-11-33(30)49-35)20-37(54)34-21-29-7-4-5-8-32(29)48-34/h4-5,7-8,10-13,19,21-23,26,31,48-49H,2-3,6,9,14-18,20,24-25H2,1H3/t31-/m0/s1. The van der Waals surface area contributed by atoms with E-state index < -0.39 is 6.09 Å². The summed E-state index contributed by atoms with van der Waals surface area (Å²) in [5.41, 5.74) is 6.03. The minimum absolute atomic E-state index is 0.00269. The number of fused-ring (bicyclic) bond motifs is 5. The van der Waals surface area contributed by atoms with Gasteiger partial charge in [0, 0.05) is 109 Å². The number of ether oxygens (including phenoxy) is 1. The second-order valence-electron chi connectivity index (χ2n) is 15.9. The molecular weight excluding hydrogens is 816 g/mol. The number of rotatable bonds is 12. The van der Waals surface area contributed by atoms with E-state index in [0.717, 1.165) is 48.6 Å². The number of benzene rings is 3. The van der Waals surface area contributed by atoms with Gasteiger partial charge in [0.1, 0.15) is 5.69 Å². The number of hydrogen-bond acceptors (Lipinski definition) is 8. The van der Waals surface area contributed by atoms with Gasteiger partial charge in [0.2, 0.25) is 5.91 Å². The van der Waals surface area contributed by atoms with Crippen LogP contribution in [0, 0.1) is 6.92 Å². The van der Waals surface area contributed by atoms with Crippen LogP contribution in [-0.2, 0) is 20.8 Å². The average molecular weight is 859 g/mol. The van der Waals surface area contributed by atoms with Crippen molar-refractivity contribution in [1.82, 2.24) is 24.7 Å². The summed E-state index contributed by atoms with van der Waals surface area (Å²) in [5.74, 6) is -0.367. The number of carbonyl (C=O) groups is 6. The Morgan fingerprint density at radius 1 is 0.836 bits per heavy atom. The largest absolute Gasteiger partial charge is 0.415 e. The van der Waals surface area contributed by atoms with Crippen LogP contribution in [0.5, 0.6) is 5.75 Å². The van der Waals surface area contributed by atoms with Crippen molar-refractivity contribution >= 4 is 96.0 Å². The summed E-state index contributed by atoms with van der Waals surface area (Å²) in [6, 6.07) is 18.9. The number of ketones is 1. The van der Waals surface area contributed by atoms with Gasteiger partial charge in [-0.05, 0) is 72.2 Å². The maximum Gasteiger partial charge on any atom is 0.415 e. The summed E-state index contributed by atoms with van der Waals surface area (Å²) < 4.78 is 6.93. The molecule has 6 heterocycles. The zero-order valence-electron chi connectivity index (χ0n) is 33.5. The number of alkyl halides is 1. The van der Waals surface area contributed by atoms with E-state index >= 15 is 0 Å². The molecule has 9 rings (SSSR count). The zero-order chi connectivity index (χ0) is 42.4. The number of piperazine rings is 1. The summed E-state index contributed by atoms with van der Waals surface area (Å²) in [6.07, 6.45) is 4.54. The van der Waals surface area contributed by atoms with E-state index in [2.05, 4.69) is 9.97 Å². The zero-order valence-corrected chi connectivity index (χ0v) is 35.1. The Bertz CT molecular complexity index is 2750. The fourth-order valence-corrected chi connectivity index (χ4v) is 9.95. The van der Waals surface area contributed by atoms with Crippen molar-refractivity contribution in [3.8, 4) is 5.75 Å². The van der Waals surface area contributed by atoms with Gasteiger partial charge in [-0.25, -0.2) is 4.79 Å². The Morgan fingerprint density at radius 3 is 2.33 bits per heavy atom. The number of aryl methyl sites for hydroxylation is 1. The number of aromatic amines is 2. The lowest BCUT2D eigenvalue weighted by atomic mass is 9.97. The highest BCUT2D eigenvalue weighted by Gasteiger charge is 2.37.